The molecular formula is C22H26ClN3O3S. The number of amides is 2. The predicted molar refractivity (Wildman–Crippen MR) is 117 cm³/mol. The molecule has 0 bridgehead atoms. The topological polar surface area (TPSA) is 60.9 Å². The van der Waals surface area contributed by atoms with E-state index >= 15 is 0 Å². The molecule has 4 rings (SSSR count). The third-order valence-electron chi connectivity index (χ3n) is 5.82. The quantitative estimate of drug-likeness (QED) is 0.703. The van der Waals surface area contributed by atoms with Gasteiger partial charge < -0.3 is 4.90 Å². The van der Waals surface area contributed by atoms with Crippen LogP contribution in [0.4, 0.5) is 4.79 Å². The van der Waals surface area contributed by atoms with Crippen LogP contribution < -0.4 is 0 Å². The number of sulfonamides is 1. The molecule has 0 spiro atoms. The van der Waals surface area contributed by atoms with Crippen molar-refractivity contribution in [1.82, 2.24) is 14.1 Å². The van der Waals surface area contributed by atoms with Gasteiger partial charge in [-0.2, -0.15) is 4.31 Å². The van der Waals surface area contributed by atoms with Crippen molar-refractivity contribution in [3.8, 4) is 0 Å². The van der Waals surface area contributed by atoms with Crippen LogP contribution in [-0.4, -0.2) is 54.2 Å². The third kappa shape index (κ3) is 3.94. The van der Waals surface area contributed by atoms with E-state index in [0.29, 0.717) is 18.1 Å². The first-order chi connectivity index (χ1) is 14.4. The summed E-state index contributed by atoms with van der Waals surface area (Å²) >= 11 is 5.95. The molecule has 2 amide bonds. The number of benzene rings is 2. The Morgan fingerprint density at radius 3 is 2.23 bits per heavy atom. The van der Waals surface area contributed by atoms with E-state index in [1.54, 1.807) is 17.0 Å². The number of rotatable bonds is 3. The van der Waals surface area contributed by atoms with Crippen LogP contribution in [-0.2, 0) is 10.0 Å². The number of carbonyl (C=O) groups is 1. The van der Waals surface area contributed by atoms with Crippen LogP contribution >= 0.6 is 11.6 Å². The number of hydrogen-bond acceptors (Lipinski definition) is 3. The van der Waals surface area contributed by atoms with Crippen LogP contribution in [0.2, 0.25) is 5.02 Å². The number of piperidine rings is 1. The molecule has 2 aliphatic rings. The van der Waals surface area contributed by atoms with E-state index in [1.165, 1.54) is 16.4 Å². The molecule has 2 saturated heterocycles. The number of hydrogen-bond donors (Lipinski definition) is 0. The van der Waals surface area contributed by atoms with Crippen molar-refractivity contribution >= 4 is 27.7 Å². The Hall–Kier alpha value is -2.09. The van der Waals surface area contributed by atoms with E-state index in [2.05, 4.69) is 0 Å². The summed E-state index contributed by atoms with van der Waals surface area (Å²) in [7, 11) is -3.82. The fourth-order valence-electron chi connectivity index (χ4n) is 4.29. The summed E-state index contributed by atoms with van der Waals surface area (Å²) in [6.07, 6.45) is 2.41. The molecule has 2 fully saturated rings. The van der Waals surface area contributed by atoms with Crippen LogP contribution in [0.3, 0.4) is 0 Å². The van der Waals surface area contributed by atoms with Crippen molar-refractivity contribution < 1.29 is 13.2 Å². The van der Waals surface area contributed by atoms with Crippen molar-refractivity contribution in [3.05, 3.63) is 65.2 Å². The molecule has 2 aromatic rings. The number of carbonyl (C=O) groups excluding carboxylic acids is 1. The average molecular weight is 448 g/mol. The minimum absolute atomic E-state index is 0.0927. The molecule has 0 N–H and O–H groups in total. The lowest BCUT2D eigenvalue weighted by Crippen LogP contribution is -2.48. The van der Waals surface area contributed by atoms with Crippen LogP contribution in [0, 0.1) is 0 Å². The molecule has 0 aliphatic carbocycles. The highest BCUT2D eigenvalue weighted by atomic mass is 35.5. The molecular weight excluding hydrogens is 422 g/mol. The smallest absolute Gasteiger partial charge is 0.321 e. The second kappa shape index (κ2) is 8.57. The highest BCUT2D eigenvalue weighted by Crippen LogP contribution is 2.39. The summed E-state index contributed by atoms with van der Waals surface area (Å²) in [6.45, 7) is 3.58. The molecule has 0 aromatic heterocycles. The molecule has 8 heteroatoms. The van der Waals surface area contributed by atoms with Gasteiger partial charge in [0.1, 0.15) is 6.17 Å². The molecule has 0 radical (unpaired) electrons. The SMILES string of the molecule is CC1CN(S(=O)(=O)c2ccc(Cl)cc2)C(c2ccccc2)N1C(=O)N1CCCCC1. The summed E-state index contributed by atoms with van der Waals surface area (Å²) in [5.41, 5.74) is 0.782. The van der Waals surface area contributed by atoms with Crippen molar-refractivity contribution in [2.45, 2.75) is 43.3 Å². The van der Waals surface area contributed by atoms with Crippen molar-refractivity contribution in [1.29, 1.82) is 0 Å². The maximum Gasteiger partial charge on any atom is 0.321 e. The zero-order chi connectivity index (χ0) is 21.3. The van der Waals surface area contributed by atoms with E-state index in [0.717, 1.165) is 24.8 Å². The molecule has 2 atom stereocenters. The minimum Gasteiger partial charge on any atom is -0.325 e. The monoisotopic (exact) mass is 447 g/mol. The van der Waals surface area contributed by atoms with Crippen LogP contribution in [0.1, 0.15) is 37.9 Å². The zero-order valence-electron chi connectivity index (χ0n) is 16.9. The van der Waals surface area contributed by atoms with Gasteiger partial charge in [-0.1, -0.05) is 41.9 Å². The first-order valence-electron chi connectivity index (χ1n) is 10.3. The molecule has 2 aliphatic heterocycles. The molecule has 160 valence electrons. The van der Waals surface area contributed by atoms with E-state index in [-0.39, 0.29) is 23.5 Å². The van der Waals surface area contributed by atoms with Crippen LogP contribution in [0.15, 0.2) is 59.5 Å². The highest BCUT2D eigenvalue weighted by molar-refractivity contribution is 7.89. The standard InChI is InChI=1S/C22H26ClN3O3S/c1-17-16-25(30(28,29)20-12-10-19(23)11-13-20)21(18-8-4-2-5-9-18)26(17)22(27)24-14-6-3-7-15-24/h2,4-5,8-13,17,21H,3,6-7,14-16H2,1H3. The van der Waals surface area contributed by atoms with Gasteiger partial charge in [0, 0.05) is 30.7 Å². The Balaban J connectivity index is 1.75. The lowest BCUT2D eigenvalue weighted by molar-refractivity contribution is 0.116. The summed E-state index contributed by atoms with van der Waals surface area (Å²) in [5, 5.41) is 0.477. The second-order valence-corrected chi connectivity index (χ2v) is 10.2. The maximum absolute atomic E-state index is 13.6. The number of likely N-dealkylation sites (tertiary alicyclic amines) is 1. The van der Waals surface area contributed by atoms with Gasteiger partial charge in [0.05, 0.1) is 4.90 Å². The Morgan fingerprint density at radius 2 is 1.60 bits per heavy atom. The zero-order valence-corrected chi connectivity index (χ0v) is 18.5. The predicted octanol–water partition coefficient (Wildman–Crippen LogP) is 4.34. The lowest BCUT2D eigenvalue weighted by atomic mass is 10.1. The van der Waals surface area contributed by atoms with Crippen molar-refractivity contribution in [2.75, 3.05) is 19.6 Å². The van der Waals surface area contributed by atoms with Crippen LogP contribution in [0.25, 0.3) is 0 Å². The molecule has 0 saturated carbocycles. The Labute approximate surface area is 183 Å². The molecule has 2 heterocycles. The Bertz CT molecular complexity index is 992. The molecule has 2 unspecified atom stereocenters. The van der Waals surface area contributed by atoms with Gasteiger partial charge in [-0.25, -0.2) is 13.2 Å². The number of nitrogens with zero attached hydrogens (tertiary/aromatic N) is 3. The Morgan fingerprint density at radius 1 is 0.967 bits per heavy atom. The maximum atomic E-state index is 13.6. The van der Waals surface area contributed by atoms with E-state index in [9.17, 15) is 13.2 Å². The summed E-state index contributed by atoms with van der Waals surface area (Å²) in [6, 6.07) is 15.2. The lowest BCUT2D eigenvalue weighted by Gasteiger charge is -2.37. The van der Waals surface area contributed by atoms with Gasteiger partial charge in [-0.15, -0.1) is 0 Å². The average Bonchev–Trinajstić information content (AvgIpc) is 3.12. The van der Waals surface area contributed by atoms with Gasteiger partial charge in [-0.3, -0.25) is 4.90 Å². The third-order valence-corrected chi connectivity index (χ3v) is 7.91. The van der Waals surface area contributed by atoms with Crippen LogP contribution in [0.5, 0.6) is 0 Å². The first kappa shape index (κ1) is 21.2. The van der Waals surface area contributed by atoms with Gasteiger partial charge in [0.25, 0.3) is 0 Å². The minimum atomic E-state index is -3.82. The molecule has 2 aromatic carbocycles. The second-order valence-electron chi connectivity index (χ2n) is 7.90. The molecule has 30 heavy (non-hydrogen) atoms. The van der Waals surface area contributed by atoms with Gasteiger partial charge in [-0.05, 0) is 56.0 Å². The van der Waals surface area contributed by atoms with E-state index in [4.69, 9.17) is 11.6 Å². The summed E-state index contributed by atoms with van der Waals surface area (Å²) < 4.78 is 28.5. The van der Waals surface area contributed by atoms with E-state index < -0.39 is 16.2 Å². The van der Waals surface area contributed by atoms with Gasteiger partial charge >= 0.3 is 6.03 Å². The van der Waals surface area contributed by atoms with Gasteiger partial charge in [0.15, 0.2) is 0 Å². The summed E-state index contributed by atoms with van der Waals surface area (Å²) in [4.78, 5) is 17.2. The largest absolute Gasteiger partial charge is 0.325 e. The number of urea groups is 1. The van der Waals surface area contributed by atoms with E-state index in [1.807, 2.05) is 42.2 Å². The van der Waals surface area contributed by atoms with Crippen molar-refractivity contribution in [3.63, 3.8) is 0 Å². The van der Waals surface area contributed by atoms with Crippen molar-refractivity contribution in [2.24, 2.45) is 0 Å². The van der Waals surface area contributed by atoms with Gasteiger partial charge in [0.2, 0.25) is 10.0 Å². The molecule has 6 nitrogen and oxygen atoms in total. The highest BCUT2D eigenvalue weighted by Gasteiger charge is 2.48. The fraction of sp³-hybridized carbons (Fsp3) is 0.409. The fourth-order valence-corrected chi connectivity index (χ4v) is 6.07. The summed E-state index contributed by atoms with van der Waals surface area (Å²) in [5.74, 6) is 0. The Kier molecular flexibility index (Phi) is 6.04. The number of halogens is 1. The first-order valence-corrected chi connectivity index (χ1v) is 12.1. The normalized spacial score (nSPS) is 23.0.